The van der Waals surface area contributed by atoms with Crippen molar-refractivity contribution in [2.75, 3.05) is 6.73 Å². The minimum absolute atomic E-state index is 0.183. The van der Waals surface area contributed by atoms with Crippen molar-refractivity contribution in [1.29, 1.82) is 0 Å². The summed E-state index contributed by atoms with van der Waals surface area (Å²) in [5, 5.41) is 19.5. The fourth-order valence-corrected chi connectivity index (χ4v) is 1.57. The van der Waals surface area contributed by atoms with Crippen molar-refractivity contribution < 1.29 is 19.8 Å². The first-order valence-corrected chi connectivity index (χ1v) is 4.51. The number of hydrogen-bond donors (Lipinski definition) is 3. The van der Waals surface area contributed by atoms with E-state index in [1.165, 1.54) is 0 Å². The Hall–Kier alpha value is -1.36. The van der Waals surface area contributed by atoms with Crippen molar-refractivity contribution in [3.05, 3.63) is 11.1 Å². The molecule has 0 aromatic rings. The van der Waals surface area contributed by atoms with Crippen LogP contribution in [0.5, 0.6) is 0 Å². The maximum Gasteiger partial charge on any atom is 0.332 e. The number of carboxylic acids is 1. The molecular formula is C9H13NO4. The molecule has 1 aliphatic rings. The van der Waals surface area contributed by atoms with Crippen LogP contribution in [0.15, 0.2) is 11.1 Å². The Bertz CT molecular complexity index is 283. The summed E-state index contributed by atoms with van der Waals surface area (Å²) in [5.41, 5.74) is 0.486. The number of carboxylic acid groups (broad SMARTS) is 1. The minimum atomic E-state index is -1.03. The highest BCUT2D eigenvalue weighted by atomic mass is 16.4. The van der Waals surface area contributed by atoms with Gasteiger partial charge in [-0.15, -0.1) is 0 Å². The molecule has 1 amide bonds. The fourth-order valence-electron chi connectivity index (χ4n) is 1.57. The summed E-state index contributed by atoms with van der Waals surface area (Å²) < 4.78 is 0. The Labute approximate surface area is 81.4 Å². The van der Waals surface area contributed by atoms with Crippen LogP contribution in [0.1, 0.15) is 25.7 Å². The smallest absolute Gasteiger partial charge is 0.332 e. The summed E-state index contributed by atoms with van der Waals surface area (Å²) in [5.74, 6) is -1.50. The predicted octanol–water partition coefficient (Wildman–Crippen LogP) is 0.00760. The Balaban J connectivity index is 2.88. The molecular weight excluding hydrogens is 186 g/mol. The second-order valence-electron chi connectivity index (χ2n) is 3.13. The first-order chi connectivity index (χ1) is 6.66. The molecule has 78 valence electrons. The van der Waals surface area contributed by atoms with Gasteiger partial charge in [-0.05, 0) is 25.7 Å². The van der Waals surface area contributed by atoms with E-state index in [4.69, 9.17) is 10.2 Å². The number of carbonyl (C=O) groups is 2. The van der Waals surface area contributed by atoms with Gasteiger partial charge in [0.25, 0.3) is 0 Å². The molecule has 0 aromatic heterocycles. The molecule has 0 unspecified atom stereocenters. The maximum atomic E-state index is 11.3. The highest BCUT2D eigenvalue weighted by molar-refractivity contribution is 6.02. The quantitative estimate of drug-likeness (QED) is 0.559. The largest absolute Gasteiger partial charge is 0.478 e. The number of amides is 1. The van der Waals surface area contributed by atoms with Crippen molar-refractivity contribution in [3.8, 4) is 0 Å². The Morgan fingerprint density at radius 1 is 1.21 bits per heavy atom. The van der Waals surface area contributed by atoms with Gasteiger partial charge in [0, 0.05) is 11.1 Å². The molecule has 14 heavy (non-hydrogen) atoms. The van der Waals surface area contributed by atoms with Gasteiger partial charge in [0.15, 0.2) is 0 Å². The lowest BCUT2D eigenvalue weighted by atomic mass is 9.91. The van der Waals surface area contributed by atoms with E-state index < -0.39 is 18.6 Å². The predicted molar refractivity (Wildman–Crippen MR) is 48.4 cm³/mol. The van der Waals surface area contributed by atoms with Crippen LogP contribution in [0.4, 0.5) is 0 Å². The Morgan fingerprint density at radius 3 is 2.29 bits per heavy atom. The van der Waals surface area contributed by atoms with Crippen LogP contribution in [0.3, 0.4) is 0 Å². The average molecular weight is 199 g/mol. The molecule has 0 radical (unpaired) electrons. The van der Waals surface area contributed by atoms with Crippen LogP contribution in [-0.4, -0.2) is 28.8 Å². The molecule has 0 heterocycles. The Morgan fingerprint density at radius 2 is 1.79 bits per heavy atom. The molecule has 0 saturated heterocycles. The molecule has 5 heteroatoms. The molecule has 0 spiro atoms. The van der Waals surface area contributed by atoms with Crippen LogP contribution in [0, 0.1) is 0 Å². The molecule has 0 atom stereocenters. The fraction of sp³-hybridized carbons (Fsp3) is 0.556. The van der Waals surface area contributed by atoms with E-state index in [0.29, 0.717) is 18.4 Å². The molecule has 1 rings (SSSR count). The maximum absolute atomic E-state index is 11.3. The van der Waals surface area contributed by atoms with Crippen molar-refractivity contribution >= 4 is 11.9 Å². The van der Waals surface area contributed by atoms with Gasteiger partial charge in [0.2, 0.25) is 5.91 Å². The number of rotatable bonds is 3. The van der Waals surface area contributed by atoms with Crippen LogP contribution in [-0.2, 0) is 9.59 Å². The molecule has 0 aromatic carbocycles. The third kappa shape index (κ3) is 2.32. The summed E-state index contributed by atoms with van der Waals surface area (Å²) >= 11 is 0. The van der Waals surface area contributed by atoms with E-state index >= 15 is 0 Å². The third-order valence-corrected chi connectivity index (χ3v) is 2.24. The first-order valence-electron chi connectivity index (χ1n) is 4.51. The molecule has 5 nitrogen and oxygen atoms in total. The summed E-state index contributed by atoms with van der Waals surface area (Å²) in [4.78, 5) is 22.1. The van der Waals surface area contributed by atoms with E-state index in [2.05, 4.69) is 5.32 Å². The van der Waals surface area contributed by atoms with E-state index in [0.717, 1.165) is 12.8 Å². The second-order valence-corrected chi connectivity index (χ2v) is 3.13. The number of carbonyl (C=O) groups excluding carboxylic acids is 1. The third-order valence-electron chi connectivity index (χ3n) is 2.24. The van der Waals surface area contributed by atoms with Crippen molar-refractivity contribution in [1.82, 2.24) is 5.32 Å². The van der Waals surface area contributed by atoms with Gasteiger partial charge < -0.3 is 15.5 Å². The van der Waals surface area contributed by atoms with Gasteiger partial charge in [-0.25, -0.2) is 4.79 Å². The lowest BCUT2D eigenvalue weighted by Gasteiger charge is -2.16. The van der Waals surface area contributed by atoms with Crippen molar-refractivity contribution in [2.45, 2.75) is 25.7 Å². The van der Waals surface area contributed by atoms with Gasteiger partial charge in [-0.3, -0.25) is 4.79 Å². The number of hydrogen-bond acceptors (Lipinski definition) is 3. The zero-order chi connectivity index (χ0) is 10.6. The van der Waals surface area contributed by atoms with Gasteiger partial charge in [-0.2, -0.15) is 0 Å². The minimum Gasteiger partial charge on any atom is -0.478 e. The standard InChI is InChI=1S/C9H13NO4/c11-5-10-8(12)6-3-1-2-4-7(6)9(13)14/h11H,1-5H2,(H,10,12)(H,13,14). The molecule has 0 saturated carbocycles. The normalized spacial score (nSPS) is 16.6. The van der Waals surface area contributed by atoms with Crippen LogP contribution in [0.2, 0.25) is 0 Å². The SMILES string of the molecule is O=C(O)C1=C(C(=O)NCO)CCCC1. The van der Waals surface area contributed by atoms with Crippen LogP contribution < -0.4 is 5.32 Å². The average Bonchev–Trinajstić information content (AvgIpc) is 2.18. The second kappa shape index (κ2) is 4.76. The van der Waals surface area contributed by atoms with Crippen LogP contribution in [0.25, 0.3) is 0 Å². The lowest BCUT2D eigenvalue weighted by molar-refractivity contribution is -0.133. The molecule has 1 aliphatic carbocycles. The van der Waals surface area contributed by atoms with Crippen molar-refractivity contribution in [2.24, 2.45) is 0 Å². The number of nitrogens with one attached hydrogen (secondary N) is 1. The van der Waals surface area contributed by atoms with Crippen LogP contribution >= 0.6 is 0 Å². The van der Waals surface area contributed by atoms with Gasteiger partial charge >= 0.3 is 5.97 Å². The molecule has 0 bridgehead atoms. The van der Waals surface area contributed by atoms with E-state index in [-0.39, 0.29) is 5.57 Å². The monoisotopic (exact) mass is 199 g/mol. The lowest BCUT2D eigenvalue weighted by Crippen LogP contribution is -2.28. The summed E-state index contributed by atoms with van der Waals surface area (Å²) in [6.45, 7) is -0.463. The summed E-state index contributed by atoms with van der Waals surface area (Å²) in [6, 6.07) is 0. The summed E-state index contributed by atoms with van der Waals surface area (Å²) in [7, 11) is 0. The molecule has 0 fully saturated rings. The number of aliphatic hydroxyl groups is 1. The zero-order valence-corrected chi connectivity index (χ0v) is 7.75. The van der Waals surface area contributed by atoms with Crippen molar-refractivity contribution in [3.63, 3.8) is 0 Å². The number of aliphatic hydroxyl groups excluding tert-OH is 1. The van der Waals surface area contributed by atoms with E-state index in [1.54, 1.807) is 0 Å². The van der Waals surface area contributed by atoms with E-state index in [9.17, 15) is 9.59 Å². The van der Waals surface area contributed by atoms with Gasteiger partial charge in [0.1, 0.15) is 6.73 Å². The van der Waals surface area contributed by atoms with Gasteiger partial charge in [-0.1, -0.05) is 0 Å². The molecule has 0 aliphatic heterocycles. The molecule has 3 N–H and O–H groups in total. The van der Waals surface area contributed by atoms with Gasteiger partial charge in [0.05, 0.1) is 0 Å². The highest BCUT2D eigenvalue weighted by Gasteiger charge is 2.22. The highest BCUT2D eigenvalue weighted by Crippen LogP contribution is 2.24. The zero-order valence-electron chi connectivity index (χ0n) is 7.75. The summed E-state index contributed by atoms with van der Waals surface area (Å²) in [6.07, 6.45) is 2.54. The van der Waals surface area contributed by atoms with E-state index in [1.807, 2.05) is 0 Å². The Kier molecular flexibility index (Phi) is 3.64. The first kappa shape index (κ1) is 10.7. The number of aliphatic carboxylic acids is 1. The topological polar surface area (TPSA) is 86.6 Å².